The average molecular weight is 642 g/mol. The number of carbonyl (C=O) groups excluding carboxylic acids is 1. The van der Waals surface area contributed by atoms with Gasteiger partial charge in [0, 0.05) is 41.9 Å². The van der Waals surface area contributed by atoms with E-state index < -0.39 is 55.5 Å². The molecule has 0 saturated carbocycles. The molecule has 6 rings (SSSR count). The summed E-state index contributed by atoms with van der Waals surface area (Å²) in [4.78, 5) is 14.5. The van der Waals surface area contributed by atoms with Crippen LogP contribution < -0.4 is 10.2 Å². The Balaban J connectivity index is 1.25. The smallest absolute Gasteiger partial charge is 0.417 e. The van der Waals surface area contributed by atoms with Gasteiger partial charge in [-0.2, -0.15) is 17.5 Å². The first-order valence-electron chi connectivity index (χ1n) is 12.8. The molecule has 2 fully saturated rings. The normalized spacial score (nSPS) is 19.4. The van der Waals surface area contributed by atoms with Gasteiger partial charge >= 0.3 is 6.18 Å². The molecule has 1 amide bonds. The SMILES string of the molecule is O=C(Nc1ccc(Cl)c(C(F)(F)F)c1)c1cc2c(N3C[C@H]4CC[C@@H](C3)N4S(=O)(=O)c3cccc(Cl)c3F)cccc2o1. The lowest BCUT2D eigenvalue weighted by atomic mass is 10.1. The Morgan fingerprint density at radius 1 is 0.952 bits per heavy atom. The third-order valence-electron chi connectivity index (χ3n) is 7.52. The van der Waals surface area contributed by atoms with Crippen LogP contribution in [0.4, 0.5) is 28.9 Å². The molecule has 1 aromatic heterocycles. The van der Waals surface area contributed by atoms with E-state index in [0.29, 0.717) is 42.6 Å². The number of nitrogens with one attached hydrogen (secondary N) is 1. The van der Waals surface area contributed by atoms with Crippen molar-refractivity contribution in [3.8, 4) is 0 Å². The van der Waals surface area contributed by atoms with Crippen LogP contribution in [0.1, 0.15) is 29.0 Å². The largest absolute Gasteiger partial charge is 0.451 e. The topological polar surface area (TPSA) is 82.9 Å². The van der Waals surface area contributed by atoms with Gasteiger partial charge in [0.15, 0.2) is 11.6 Å². The van der Waals surface area contributed by atoms with Crippen molar-refractivity contribution in [2.75, 3.05) is 23.3 Å². The van der Waals surface area contributed by atoms with E-state index in [1.807, 2.05) is 11.0 Å². The Morgan fingerprint density at radius 2 is 1.64 bits per heavy atom. The number of amides is 1. The van der Waals surface area contributed by atoms with E-state index in [-0.39, 0.29) is 16.5 Å². The summed E-state index contributed by atoms with van der Waals surface area (Å²) in [5, 5.41) is 2.22. The molecule has 2 atom stereocenters. The second-order valence-corrected chi connectivity index (χ2v) is 12.7. The quantitative estimate of drug-likeness (QED) is 0.233. The number of hydrogen-bond acceptors (Lipinski definition) is 5. The van der Waals surface area contributed by atoms with Crippen molar-refractivity contribution in [2.45, 2.75) is 36.0 Å². The highest BCUT2D eigenvalue weighted by Gasteiger charge is 2.48. The van der Waals surface area contributed by atoms with Gasteiger partial charge in [0.25, 0.3) is 5.91 Å². The minimum absolute atomic E-state index is 0.109. The van der Waals surface area contributed by atoms with E-state index in [9.17, 15) is 30.8 Å². The summed E-state index contributed by atoms with van der Waals surface area (Å²) in [7, 11) is -4.15. The fourth-order valence-electron chi connectivity index (χ4n) is 5.70. The lowest BCUT2D eigenvalue weighted by Crippen LogP contribution is -2.55. The van der Waals surface area contributed by atoms with Crippen molar-refractivity contribution in [1.29, 1.82) is 0 Å². The first-order chi connectivity index (χ1) is 19.8. The van der Waals surface area contributed by atoms with Crippen LogP contribution in [-0.4, -0.2) is 43.8 Å². The average Bonchev–Trinajstić information content (AvgIpc) is 3.49. The number of fused-ring (bicyclic) bond motifs is 3. The van der Waals surface area contributed by atoms with E-state index in [1.165, 1.54) is 34.6 Å². The highest BCUT2D eigenvalue weighted by molar-refractivity contribution is 7.89. The summed E-state index contributed by atoms with van der Waals surface area (Å²) in [5.74, 6) is -1.86. The molecule has 2 aliphatic heterocycles. The molecular weight excluding hydrogens is 621 g/mol. The Kier molecular flexibility index (Phi) is 7.16. The Morgan fingerprint density at radius 3 is 2.33 bits per heavy atom. The molecule has 1 N–H and O–H groups in total. The first-order valence-corrected chi connectivity index (χ1v) is 15.0. The minimum atomic E-state index is -4.70. The number of furan rings is 1. The van der Waals surface area contributed by atoms with E-state index >= 15 is 0 Å². The predicted octanol–water partition coefficient (Wildman–Crippen LogP) is 7.19. The second kappa shape index (κ2) is 10.4. The molecular formula is C28H21Cl2F4N3O4S. The summed E-state index contributed by atoms with van der Waals surface area (Å²) < 4.78 is 88.5. The third kappa shape index (κ3) is 5.00. The monoisotopic (exact) mass is 641 g/mol. The number of carbonyl (C=O) groups is 1. The molecule has 0 radical (unpaired) electrons. The summed E-state index contributed by atoms with van der Waals surface area (Å²) in [6.07, 6.45) is -3.53. The Bertz CT molecular complexity index is 1820. The zero-order valence-corrected chi connectivity index (χ0v) is 23.8. The molecule has 220 valence electrons. The number of halogens is 6. The van der Waals surface area contributed by atoms with E-state index in [0.717, 1.165) is 12.1 Å². The van der Waals surface area contributed by atoms with Crippen LogP contribution in [0.15, 0.2) is 70.0 Å². The van der Waals surface area contributed by atoms with Gasteiger partial charge in [-0.25, -0.2) is 12.8 Å². The Hall–Kier alpha value is -3.32. The molecule has 3 heterocycles. The van der Waals surface area contributed by atoms with E-state index in [2.05, 4.69) is 5.32 Å². The van der Waals surface area contributed by atoms with Gasteiger partial charge in [-0.05, 0) is 61.4 Å². The van der Waals surface area contributed by atoms with Crippen LogP contribution in [0.25, 0.3) is 11.0 Å². The maximum Gasteiger partial charge on any atom is 0.417 e. The highest BCUT2D eigenvalue weighted by Crippen LogP contribution is 2.41. The molecule has 0 aliphatic carbocycles. The first kappa shape index (κ1) is 28.8. The van der Waals surface area contributed by atoms with Crippen LogP contribution in [-0.2, 0) is 16.2 Å². The van der Waals surface area contributed by atoms with Gasteiger partial charge in [-0.3, -0.25) is 4.79 Å². The zero-order chi connectivity index (χ0) is 30.0. The summed E-state index contributed by atoms with van der Waals surface area (Å²) >= 11 is 11.5. The van der Waals surface area contributed by atoms with Gasteiger partial charge in [-0.1, -0.05) is 35.3 Å². The van der Waals surface area contributed by atoms with E-state index in [4.69, 9.17) is 27.6 Å². The highest BCUT2D eigenvalue weighted by atomic mass is 35.5. The lowest BCUT2D eigenvalue weighted by Gasteiger charge is -2.41. The van der Waals surface area contributed by atoms with Crippen molar-refractivity contribution in [3.63, 3.8) is 0 Å². The molecule has 4 aromatic rings. The van der Waals surface area contributed by atoms with Crippen LogP contribution in [0.2, 0.25) is 10.0 Å². The van der Waals surface area contributed by atoms with Crippen molar-refractivity contribution in [1.82, 2.24) is 4.31 Å². The van der Waals surface area contributed by atoms with Crippen molar-refractivity contribution in [3.05, 3.63) is 87.8 Å². The standard InChI is InChI=1S/C28H21Cl2F4N3O4S/c29-20-10-7-15(11-19(20)28(32,33)34)35-27(38)24-12-18-22(4-2-5-23(18)41-24)36-13-16-8-9-17(14-36)37(16)42(39,40)25-6-1-3-21(30)26(25)31/h1-7,10-12,16-17H,8-9,13-14H2,(H,35,38)/t16-,17+. The van der Waals surface area contributed by atoms with Crippen molar-refractivity contribution >= 4 is 61.5 Å². The van der Waals surface area contributed by atoms with Gasteiger partial charge < -0.3 is 14.6 Å². The second-order valence-electron chi connectivity index (χ2n) is 10.1. The molecule has 14 heteroatoms. The summed E-state index contributed by atoms with van der Waals surface area (Å²) in [6, 6.07) is 12.8. The van der Waals surface area contributed by atoms with Gasteiger partial charge in [0.2, 0.25) is 10.0 Å². The maximum absolute atomic E-state index is 14.7. The molecule has 3 aromatic carbocycles. The van der Waals surface area contributed by atoms with Crippen molar-refractivity contribution < 1.29 is 35.2 Å². The molecule has 0 spiro atoms. The molecule has 7 nitrogen and oxygen atoms in total. The van der Waals surface area contributed by atoms with E-state index in [1.54, 1.807) is 12.1 Å². The predicted molar refractivity (Wildman–Crippen MR) is 150 cm³/mol. The van der Waals surface area contributed by atoms with Crippen LogP contribution in [0, 0.1) is 5.82 Å². The number of hydrogen-bond donors (Lipinski definition) is 1. The third-order valence-corrected chi connectivity index (χ3v) is 10.2. The summed E-state index contributed by atoms with van der Waals surface area (Å²) in [6.45, 7) is 0.628. The minimum Gasteiger partial charge on any atom is -0.451 e. The molecule has 2 saturated heterocycles. The molecule has 2 aliphatic rings. The molecule has 0 unspecified atom stereocenters. The summed E-state index contributed by atoms with van der Waals surface area (Å²) in [5.41, 5.74) is -0.123. The van der Waals surface area contributed by atoms with Gasteiger partial charge in [0.05, 0.1) is 15.6 Å². The fourth-order valence-corrected chi connectivity index (χ4v) is 8.09. The number of benzene rings is 3. The van der Waals surface area contributed by atoms with Gasteiger partial charge in [-0.15, -0.1) is 0 Å². The molecule has 2 bridgehead atoms. The number of sulfonamides is 1. The maximum atomic E-state index is 14.7. The fraction of sp³-hybridized carbons (Fsp3) is 0.250. The number of nitrogens with zero attached hydrogens (tertiary/aromatic N) is 2. The number of rotatable bonds is 5. The molecule has 42 heavy (non-hydrogen) atoms. The number of alkyl halides is 3. The number of anilines is 2. The van der Waals surface area contributed by atoms with Crippen molar-refractivity contribution in [2.24, 2.45) is 0 Å². The Labute approximate surface area is 247 Å². The van der Waals surface area contributed by atoms with Gasteiger partial charge in [0.1, 0.15) is 10.5 Å². The van der Waals surface area contributed by atoms with Crippen LogP contribution >= 0.6 is 23.2 Å². The van der Waals surface area contributed by atoms with Crippen LogP contribution in [0.5, 0.6) is 0 Å². The van der Waals surface area contributed by atoms with Crippen LogP contribution in [0.3, 0.4) is 0 Å². The zero-order valence-electron chi connectivity index (χ0n) is 21.5. The lowest BCUT2D eigenvalue weighted by molar-refractivity contribution is -0.137. The number of piperazine rings is 1.